The molecule has 2 aromatic carbocycles. The molecule has 0 radical (unpaired) electrons. The average Bonchev–Trinajstić information content (AvgIpc) is 2.97. The van der Waals surface area contributed by atoms with Crippen molar-refractivity contribution in [1.82, 2.24) is 0 Å². The van der Waals surface area contributed by atoms with E-state index in [1.165, 1.54) is 68.8 Å². The van der Waals surface area contributed by atoms with Gasteiger partial charge in [0.05, 0.1) is 29.5 Å². The Morgan fingerprint density at radius 2 is 0.913 bits per heavy atom. The number of unbranched alkanes of at least 4 members (excludes halogenated alkanes) is 3. The van der Waals surface area contributed by atoms with E-state index in [-0.39, 0.29) is 61.9 Å². The van der Waals surface area contributed by atoms with Gasteiger partial charge in [-0.1, -0.05) is 155 Å². The van der Waals surface area contributed by atoms with Gasteiger partial charge in [-0.2, -0.15) is 8.42 Å². The van der Waals surface area contributed by atoms with Crippen LogP contribution < -0.4 is 12.4 Å². The van der Waals surface area contributed by atoms with E-state index in [4.69, 9.17) is 4.55 Å². The second kappa shape index (κ2) is 36.9. The van der Waals surface area contributed by atoms with Crippen molar-refractivity contribution in [3.63, 3.8) is 0 Å². The zero-order valence-electron chi connectivity index (χ0n) is 26.8. The van der Waals surface area contributed by atoms with Gasteiger partial charge in [0.25, 0.3) is 10.1 Å². The Morgan fingerprint density at radius 1 is 0.587 bits per heavy atom. The minimum atomic E-state index is -4.05. The smallest absolute Gasteiger partial charge is 0.294 e. The Balaban J connectivity index is -0.0000000739. The van der Waals surface area contributed by atoms with Gasteiger partial charge in [0.2, 0.25) is 0 Å². The molecular weight excluding hydrogens is 627 g/mol. The fraction of sp³-hybridized carbons (Fsp3) is 0.700. The fourth-order valence-electron chi connectivity index (χ4n) is 4.51. The highest BCUT2D eigenvalue weighted by molar-refractivity contribution is 7.85. The van der Waals surface area contributed by atoms with Crippen LogP contribution in [0.2, 0.25) is 0 Å². The van der Waals surface area contributed by atoms with Crippen LogP contribution >= 0.6 is 7.26 Å². The molecule has 280 valence electrons. The summed E-state index contributed by atoms with van der Waals surface area (Å²) in [6.45, 7) is 18.1. The number of benzene rings is 2. The zero-order valence-corrected chi connectivity index (χ0v) is 29.3. The Morgan fingerprint density at radius 3 is 1.17 bits per heavy atom. The number of hydrogen-bond acceptors (Lipinski definition) is 2. The second-order valence-corrected chi connectivity index (χ2v) is 17.0. The Labute approximate surface area is 300 Å². The molecule has 0 heterocycles. The summed E-state index contributed by atoms with van der Waals surface area (Å²) < 4.78 is 30.2. The monoisotopic (exact) mass is 711 g/mol. The standard InChI is InChI=1S/C14H32P.C10H14O3S.C10H14.6CH4.ClH/c1-5-9-12-15(8-4,13-10-6-2)14-11-7-3;1-3-8(2)9-4-6-10(7-5-9)14(11,12)13;1-3-9(2)10-7-5-4-6-8-10;;;;;;;/h5-14H2,1-4H3;4-8H,3H2,1-2H3,(H,11,12,13);4-9H,3H2,1-2H3;6*1H4;1H/q+1;;;;;;;;;/p-1. The van der Waals surface area contributed by atoms with E-state index in [9.17, 15) is 8.42 Å². The van der Waals surface area contributed by atoms with Crippen molar-refractivity contribution < 1.29 is 25.4 Å². The SMILES string of the molecule is C.C.C.C.C.C.CCC(C)c1ccc(S(=O)(=O)O)cc1.CCC(C)c1ccccc1.CCCC[P+](CC)(CCCC)CCCC.[Cl-]. The first kappa shape index (κ1) is 63.7. The summed E-state index contributed by atoms with van der Waals surface area (Å²) in [6.07, 6.45) is 17.1. The van der Waals surface area contributed by atoms with Crippen molar-refractivity contribution in [1.29, 1.82) is 0 Å². The minimum absolute atomic E-state index is 0. The second-order valence-electron chi connectivity index (χ2n) is 11.0. The third-order valence-electron chi connectivity index (χ3n) is 7.97. The predicted octanol–water partition coefficient (Wildman–Crippen LogP) is 11.9. The fourth-order valence-corrected chi connectivity index (χ4v) is 9.57. The summed E-state index contributed by atoms with van der Waals surface area (Å²) in [6, 6.07) is 17.0. The maximum Gasteiger partial charge on any atom is 0.294 e. The van der Waals surface area contributed by atoms with Crippen molar-refractivity contribution in [2.24, 2.45) is 0 Å². The van der Waals surface area contributed by atoms with Crippen molar-refractivity contribution in [3.8, 4) is 0 Å². The van der Waals surface area contributed by atoms with E-state index in [2.05, 4.69) is 85.7 Å². The third-order valence-corrected chi connectivity index (χ3v) is 14.0. The summed E-state index contributed by atoms with van der Waals surface area (Å²) in [5.41, 5.74) is 2.53. The van der Waals surface area contributed by atoms with Crippen molar-refractivity contribution in [2.45, 2.75) is 168 Å². The normalized spacial score (nSPS) is 11.0. The summed E-state index contributed by atoms with van der Waals surface area (Å²) in [4.78, 5) is -0.0513. The molecule has 2 aromatic rings. The number of rotatable bonds is 15. The molecule has 0 bridgehead atoms. The first-order valence-electron chi connectivity index (χ1n) is 15.5. The highest BCUT2D eigenvalue weighted by Crippen LogP contribution is 2.60. The van der Waals surface area contributed by atoms with Gasteiger partial charge < -0.3 is 12.4 Å². The van der Waals surface area contributed by atoms with E-state index < -0.39 is 17.4 Å². The molecule has 0 aromatic heterocycles. The van der Waals surface area contributed by atoms with Gasteiger partial charge in [0.1, 0.15) is 0 Å². The first-order chi connectivity index (χ1) is 18.5. The summed E-state index contributed by atoms with van der Waals surface area (Å²) in [5, 5.41) is 0. The summed E-state index contributed by atoms with van der Waals surface area (Å²) in [7, 11) is -4.58. The Kier molecular flexibility index (Phi) is 51.1. The van der Waals surface area contributed by atoms with Gasteiger partial charge in [-0.3, -0.25) is 4.55 Å². The molecule has 0 fully saturated rings. The molecule has 6 heteroatoms. The summed E-state index contributed by atoms with van der Waals surface area (Å²) in [5.74, 6) is 1.12. The molecule has 3 nitrogen and oxygen atoms in total. The molecule has 2 unspecified atom stereocenters. The van der Waals surface area contributed by atoms with Crippen LogP contribution in [0, 0.1) is 0 Å². The largest absolute Gasteiger partial charge is 1.00 e. The molecule has 0 saturated heterocycles. The van der Waals surface area contributed by atoms with Crippen molar-refractivity contribution in [3.05, 3.63) is 65.7 Å². The molecule has 2 rings (SSSR count). The van der Waals surface area contributed by atoms with Crippen LogP contribution in [0.3, 0.4) is 0 Å². The maximum atomic E-state index is 10.7. The van der Waals surface area contributed by atoms with Crippen LogP contribution in [0.15, 0.2) is 59.5 Å². The van der Waals surface area contributed by atoms with Crippen LogP contribution in [-0.2, 0) is 10.1 Å². The number of hydrogen-bond donors (Lipinski definition) is 1. The van der Waals surface area contributed by atoms with Crippen molar-refractivity contribution in [2.75, 3.05) is 24.6 Å². The topological polar surface area (TPSA) is 54.4 Å². The third kappa shape index (κ3) is 27.1. The van der Waals surface area contributed by atoms with Gasteiger partial charge in [0, 0.05) is 7.26 Å². The van der Waals surface area contributed by atoms with Crippen molar-refractivity contribution >= 4 is 17.4 Å². The lowest BCUT2D eigenvalue weighted by molar-refractivity contribution is -0.0000151. The number of halogens is 1. The summed E-state index contributed by atoms with van der Waals surface area (Å²) >= 11 is 0. The van der Waals surface area contributed by atoms with Crippen LogP contribution in [-0.4, -0.2) is 37.6 Å². The van der Waals surface area contributed by atoms with Gasteiger partial charge in [-0.05, 0) is 74.1 Å². The Hall–Kier alpha value is -0.930. The van der Waals surface area contributed by atoms with E-state index >= 15 is 0 Å². The molecule has 0 aliphatic rings. The average molecular weight is 712 g/mol. The quantitative estimate of drug-likeness (QED) is 0.148. The molecule has 0 aliphatic carbocycles. The van der Waals surface area contributed by atoms with E-state index in [0.717, 1.165) is 12.0 Å². The lowest BCUT2D eigenvalue weighted by atomic mass is 9.99. The van der Waals surface area contributed by atoms with Gasteiger partial charge >= 0.3 is 0 Å². The van der Waals surface area contributed by atoms with E-state index in [1.54, 1.807) is 30.6 Å². The molecule has 0 aliphatic heterocycles. The lowest BCUT2D eigenvalue weighted by Gasteiger charge is -2.26. The van der Waals surface area contributed by atoms with Crippen LogP contribution in [0.25, 0.3) is 0 Å². The predicted molar refractivity (Wildman–Crippen MR) is 217 cm³/mol. The Bertz CT molecular complexity index is 928. The molecule has 0 amide bonds. The molecule has 1 N–H and O–H groups in total. The van der Waals surface area contributed by atoms with E-state index in [0.29, 0.717) is 11.8 Å². The minimum Gasteiger partial charge on any atom is -1.00 e. The van der Waals surface area contributed by atoms with Crippen LogP contribution in [0.4, 0.5) is 0 Å². The molecular formula is C40H84ClO3PS. The van der Waals surface area contributed by atoms with Crippen LogP contribution in [0.1, 0.15) is 174 Å². The van der Waals surface area contributed by atoms with Gasteiger partial charge in [0.15, 0.2) is 0 Å². The first-order valence-corrected chi connectivity index (χ1v) is 19.5. The van der Waals surface area contributed by atoms with Gasteiger partial charge in [-0.15, -0.1) is 0 Å². The molecule has 0 saturated carbocycles. The van der Waals surface area contributed by atoms with Crippen LogP contribution in [0.5, 0.6) is 0 Å². The van der Waals surface area contributed by atoms with Gasteiger partial charge in [-0.25, -0.2) is 0 Å². The molecule has 0 spiro atoms. The highest BCUT2D eigenvalue weighted by Gasteiger charge is 2.32. The highest BCUT2D eigenvalue weighted by atomic mass is 35.5. The molecule has 2 atom stereocenters. The zero-order chi connectivity index (χ0) is 29.7. The lowest BCUT2D eigenvalue weighted by Crippen LogP contribution is -3.00. The van der Waals surface area contributed by atoms with E-state index in [1.807, 2.05) is 0 Å². The molecule has 46 heavy (non-hydrogen) atoms. The maximum absolute atomic E-state index is 10.7.